The molecule has 70 valence electrons. The van der Waals surface area contributed by atoms with Crippen molar-refractivity contribution < 1.29 is 4.74 Å². The van der Waals surface area contributed by atoms with Crippen molar-refractivity contribution in [3.8, 4) is 5.75 Å². The van der Waals surface area contributed by atoms with Crippen LogP contribution in [-0.4, -0.2) is 13.2 Å². The molecular formula is C10H12INO. The summed E-state index contributed by atoms with van der Waals surface area (Å²) >= 11 is 2.26. The number of ether oxygens (including phenoxy) is 1. The van der Waals surface area contributed by atoms with Crippen LogP contribution in [0.15, 0.2) is 36.4 Å². The van der Waals surface area contributed by atoms with E-state index in [2.05, 4.69) is 22.6 Å². The number of benzene rings is 1. The molecule has 0 atom stereocenters. The Morgan fingerprint density at radius 3 is 2.92 bits per heavy atom. The van der Waals surface area contributed by atoms with Gasteiger partial charge in [-0.25, -0.2) is 0 Å². The SMILES string of the molecule is NCC=CCOc1cccc(I)c1. The molecule has 0 unspecified atom stereocenters. The Labute approximate surface area is 91.9 Å². The van der Waals surface area contributed by atoms with Gasteiger partial charge in [-0.05, 0) is 40.8 Å². The van der Waals surface area contributed by atoms with Gasteiger partial charge in [0.25, 0.3) is 0 Å². The van der Waals surface area contributed by atoms with E-state index >= 15 is 0 Å². The fourth-order valence-corrected chi connectivity index (χ4v) is 1.38. The van der Waals surface area contributed by atoms with Gasteiger partial charge in [-0.2, -0.15) is 0 Å². The lowest BCUT2D eigenvalue weighted by Gasteiger charge is -2.02. The van der Waals surface area contributed by atoms with Gasteiger partial charge in [0, 0.05) is 10.1 Å². The second-order valence-electron chi connectivity index (χ2n) is 2.48. The molecular weight excluding hydrogens is 277 g/mol. The summed E-state index contributed by atoms with van der Waals surface area (Å²) in [6.45, 7) is 1.15. The van der Waals surface area contributed by atoms with E-state index in [0.717, 1.165) is 5.75 Å². The summed E-state index contributed by atoms with van der Waals surface area (Å²) in [7, 11) is 0. The summed E-state index contributed by atoms with van der Waals surface area (Å²) in [5, 5.41) is 0. The summed E-state index contributed by atoms with van der Waals surface area (Å²) in [6.07, 6.45) is 3.80. The number of nitrogens with two attached hydrogens (primary N) is 1. The normalized spacial score (nSPS) is 10.6. The van der Waals surface area contributed by atoms with Crippen LogP contribution < -0.4 is 10.5 Å². The second-order valence-corrected chi connectivity index (χ2v) is 3.72. The number of rotatable bonds is 4. The van der Waals surface area contributed by atoms with E-state index in [1.165, 1.54) is 3.57 Å². The zero-order valence-electron chi connectivity index (χ0n) is 7.24. The summed E-state index contributed by atoms with van der Waals surface area (Å²) in [6, 6.07) is 7.95. The Hall–Kier alpha value is -0.550. The van der Waals surface area contributed by atoms with E-state index in [-0.39, 0.29) is 0 Å². The highest BCUT2D eigenvalue weighted by atomic mass is 127. The van der Waals surface area contributed by atoms with Gasteiger partial charge in [0.2, 0.25) is 0 Å². The molecule has 1 rings (SSSR count). The largest absolute Gasteiger partial charge is 0.490 e. The highest BCUT2D eigenvalue weighted by Gasteiger charge is 1.91. The first kappa shape index (κ1) is 10.5. The Bertz CT molecular complexity index is 286. The third-order valence-electron chi connectivity index (χ3n) is 1.45. The van der Waals surface area contributed by atoms with Crippen LogP contribution in [0.4, 0.5) is 0 Å². The maximum Gasteiger partial charge on any atom is 0.120 e. The molecule has 0 spiro atoms. The van der Waals surface area contributed by atoms with Crippen molar-refractivity contribution in [2.45, 2.75) is 0 Å². The molecule has 0 radical (unpaired) electrons. The summed E-state index contributed by atoms with van der Waals surface area (Å²) in [4.78, 5) is 0. The molecule has 0 amide bonds. The van der Waals surface area contributed by atoms with E-state index in [0.29, 0.717) is 13.2 Å². The quantitative estimate of drug-likeness (QED) is 0.681. The van der Waals surface area contributed by atoms with Crippen molar-refractivity contribution in [3.05, 3.63) is 40.0 Å². The van der Waals surface area contributed by atoms with Crippen molar-refractivity contribution in [2.75, 3.05) is 13.2 Å². The predicted octanol–water partition coefficient (Wildman–Crippen LogP) is 2.18. The minimum atomic E-state index is 0.565. The highest BCUT2D eigenvalue weighted by molar-refractivity contribution is 14.1. The van der Waals surface area contributed by atoms with E-state index in [4.69, 9.17) is 10.5 Å². The lowest BCUT2D eigenvalue weighted by molar-refractivity contribution is 0.362. The third kappa shape index (κ3) is 4.28. The lowest BCUT2D eigenvalue weighted by Crippen LogP contribution is -1.97. The second kappa shape index (κ2) is 5.99. The predicted molar refractivity (Wildman–Crippen MR) is 62.8 cm³/mol. The van der Waals surface area contributed by atoms with Crippen molar-refractivity contribution in [3.63, 3.8) is 0 Å². The van der Waals surface area contributed by atoms with E-state index in [1.54, 1.807) is 0 Å². The minimum absolute atomic E-state index is 0.565. The van der Waals surface area contributed by atoms with Gasteiger partial charge in [-0.3, -0.25) is 0 Å². The molecule has 13 heavy (non-hydrogen) atoms. The number of halogens is 1. The average molecular weight is 289 g/mol. The average Bonchev–Trinajstić information content (AvgIpc) is 2.13. The van der Waals surface area contributed by atoms with Crippen molar-refractivity contribution in [1.82, 2.24) is 0 Å². The Balaban J connectivity index is 2.41. The Morgan fingerprint density at radius 2 is 2.23 bits per heavy atom. The van der Waals surface area contributed by atoms with Crippen LogP contribution in [0.2, 0.25) is 0 Å². The van der Waals surface area contributed by atoms with E-state index in [9.17, 15) is 0 Å². The van der Waals surface area contributed by atoms with E-state index < -0.39 is 0 Å². The summed E-state index contributed by atoms with van der Waals surface area (Å²) in [5.41, 5.74) is 5.29. The standard InChI is InChI=1S/C10H12INO/c11-9-4-3-5-10(8-9)13-7-2-1-6-12/h1-5,8H,6-7,12H2. The smallest absolute Gasteiger partial charge is 0.120 e. The first-order chi connectivity index (χ1) is 6.33. The van der Waals surface area contributed by atoms with Gasteiger partial charge in [0.1, 0.15) is 12.4 Å². The fourth-order valence-electron chi connectivity index (χ4n) is 0.865. The number of hydrogen-bond donors (Lipinski definition) is 1. The van der Waals surface area contributed by atoms with Crippen LogP contribution >= 0.6 is 22.6 Å². The molecule has 0 saturated carbocycles. The maximum atomic E-state index is 5.44. The first-order valence-corrected chi connectivity index (χ1v) is 5.14. The molecule has 1 aromatic carbocycles. The third-order valence-corrected chi connectivity index (χ3v) is 2.12. The summed E-state index contributed by atoms with van der Waals surface area (Å²) < 4.78 is 6.62. The van der Waals surface area contributed by atoms with Crippen molar-refractivity contribution in [2.24, 2.45) is 5.73 Å². The minimum Gasteiger partial charge on any atom is -0.490 e. The fraction of sp³-hybridized carbons (Fsp3) is 0.200. The molecule has 0 fully saturated rings. The van der Waals surface area contributed by atoms with Crippen LogP contribution in [0.25, 0.3) is 0 Å². The molecule has 0 aromatic heterocycles. The van der Waals surface area contributed by atoms with Gasteiger partial charge < -0.3 is 10.5 Å². The molecule has 3 heteroatoms. The van der Waals surface area contributed by atoms with Gasteiger partial charge in [0.05, 0.1) is 0 Å². The van der Waals surface area contributed by atoms with Crippen molar-refractivity contribution >= 4 is 22.6 Å². The van der Waals surface area contributed by atoms with Crippen LogP contribution in [-0.2, 0) is 0 Å². The molecule has 0 bridgehead atoms. The molecule has 1 aromatic rings. The zero-order valence-corrected chi connectivity index (χ0v) is 9.40. The monoisotopic (exact) mass is 289 g/mol. The summed E-state index contributed by atoms with van der Waals surface area (Å²) in [5.74, 6) is 0.897. The molecule has 0 saturated heterocycles. The topological polar surface area (TPSA) is 35.2 Å². The Morgan fingerprint density at radius 1 is 1.38 bits per heavy atom. The van der Waals surface area contributed by atoms with E-state index in [1.807, 2.05) is 36.4 Å². The molecule has 2 nitrogen and oxygen atoms in total. The van der Waals surface area contributed by atoms with Crippen LogP contribution in [0.3, 0.4) is 0 Å². The molecule has 2 N–H and O–H groups in total. The number of hydrogen-bond acceptors (Lipinski definition) is 2. The Kier molecular flexibility index (Phi) is 4.85. The molecule has 0 aliphatic heterocycles. The molecule has 0 heterocycles. The van der Waals surface area contributed by atoms with Crippen LogP contribution in [0.1, 0.15) is 0 Å². The van der Waals surface area contributed by atoms with Gasteiger partial charge in [-0.1, -0.05) is 18.2 Å². The highest BCUT2D eigenvalue weighted by Crippen LogP contribution is 2.14. The lowest BCUT2D eigenvalue weighted by atomic mass is 10.3. The van der Waals surface area contributed by atoms with Gasteiger partial charge in [0.15, 0.2) is 0 Å². The molecule has 0 aliphatic carbocycles. The van der Waals surface area contributed by atoms with Crippen molar-refractivity contribution in [1.29, 1.82) is 0 Å². The zero-order chi connectivity index (χ0) is 9.52. The van der Waals surface area contributed by atoms with Gasteiger partial charge in [-0.15, -0.1) is 0 Å². The van der Waals surface area contributed by atoms with Gasteiger partial charge >= 0.3 is 0 Å². The van der Waals surface area contributed by atoms with Crippen LogP contribution in [0.5, 0.6) is 5.75 Å². The first-order valence-electron chi connectivity index (χ1n) is 4.06. The molecule has 0 aliphatic rings. The van der Waals surface area contributed by atoms with Crippen LogP contribution in [0, 0.1) is 3.57 Å². The maximum absolute atomic E-state index is 5.44.